The third-order valence-corrected chi connectivity index (χ3v) is 6.29. The summed E-state index contributed by atoms with van der Waals surface area (Å²) in [5, 5.41) is 11.3. The van der Waals surface area contributed by atoms with Crippen molar-refractivity contribution in [2.45, 2.75) is 19.0 Å². The number of Topliss-reactive ketones (excluding diaryl/α,β-unsaturated/α-hetero) is 1. The second-order valence-electron chi connectivity index (χ2n) is 8.67. The molecule has 1 aromatic heterocycles. The number of nitrogens with zero attached hydrogens (tertiary/aromatic N) is 3. The number of aliphatic hydroxyl groups is 1. The van der Waals surface area contributed by atoms with Crippen LogP contribution in [0.3, 0.4) is 0 Å². The van der Waals surface area contributed by atoms with E-state index < -0.39 is 17.7 Å². The number of hydrogen-bond donors (Lipinski definition) is 1. The lowest BCUT2D eigenvalue weighted by molar-refractivity contribution is -0.139. The van der Waals surface area contributed by atoms with Gasteiger partial charge < -0.3 is 28.8 Å². The van der Waals surface area contributed by atoms with Gasteiger partial charge >= 0.3 is 0 Å². The zero-order valence-electron chi connectivity index (χ0n) is 20.2. The van der Waals surface area contributed by atoms with E-state index in [1.54, 1.807) is 61.1 Å². The average Bonchev–Trinajstić information content (AvgIpc) is 3.54. The van der Waals surface area contributed by atoms with E-state index in [4.69, 9.17) is 14.2 Å². The van der Waals surface area contributed by atoms with Gasteiger partial charge in [0.15, 0.2) is 11.5 Å². The van der Waals surface area contributed by atoms with Crippen molar-refractivity contribution in [1.82, 2.24) is 14.5 Å². The topological polar surface area (TPSA) is 103 Å². The summed E-state index contributed by atoms with van der Waals surface area (Å²) in [6.07, 6.45) is 7.49. The molecule has 5 rings (SSSR count). The van der Waals surface area contributed by atoms with Gasteiger partial charge in [0.25, 0.3) is 11.7 Å². The molecule has 9 heteroatoms. The molecule has 1 unspecified atom stereocenters. The molecule has 1 saturated heterocycles. The standard InChI is InChI=1S/C28H27N3O6/c1-2-14-35-21-7-4-19(5-8-21)25-24(26(32)20-6-9-22-23(17-20)37-16-15-36-22)27(33)28(34)31(25)12-3-11-30-13-10-29-18-30/h2,4-10,13,17-18,25,32H,1,3,11-12,14-16H2/b26-24-. The molecule has 2 aromatic carbocycles. The third-order valence-electron chi connectivity index (χ3n) is 6.29. The molecule has 0 aliphatic carbocycles. The first kappa shape index (κ1) is 24.2. The number of carbonyl (C=O) groups is 2. The summed E-state index contributed by atoms with van der Waals surface area (Å²) in [6.45, 7) is 5.79. The van der Waals surface area contributed by atoms with Gasteiger partial charge in [-0.1, -0.05) is 24.8 Å². The van der Waals surface area contributed by atoms with Crippen LogP contribution in [0.15, 0.2) is 79.4 Å². The molecule has 1 amide bonds. The van der Waals surface area contributed by atoms with Crippen LogP contribution in [0.2, 0.25) is 0 Å². The molecular formula is C28H27N3O6. The smallest absolute Gasteiger partial charge is 0.295 e. The van der Waals surface area contributed by atoms with Crippen LogP contribution in [-0.4, -0.2) is 57.6 Å². The molecule has 1 N–H and O–H groups in total. The molecule has 0 radical (unpaired) electrons. The van der Waals surface area contributed by atoms with E-state index in [2.05, 4.69) is 11.6 Å². The molecule has 3 aromatic rings. The van der Waals surface area contributed by atoms with E-state index in [0.717, 1.165) is 0 Å². The molecule has 3 heterocycles. The highest BCUT2D eigenvalue weighted by Crippen LogP contribution is 2.41. The fourth-order valence-corrected chi connectivity index (χ4v) is 4.55. The summed E-state index contributed by atoms with van der Waals surface area (Å²) in [5.41, 5.74) is 1.09. The summed E-state index contributed by atoms with van der Waals surface area (Å²) in [4.78, 5) is 32.0. The lowest BCUT2D eigenvalue weighted by atomic mass is 9.95. The quantitative estimate of drug-likeness (QED) is 0.206. The Balaban J connectivity index is 1.51. The molecule has 0 spiro atoms. The van der Waals surface area contributed by atoms with E-state index in [9.17, 15) is 14.7 Å². The molecule has 1 fully saturated rings. The molecule has 37 heavy (non-hydrogen) atoms. The molecule has 2 aliphatic rings. The van der Waals surface area contributed by atoms with E-state index >= 15 is 0 Å². The Hall–Kier alpha value is -4.53. The minimum absolute atomic E-state index is 0.0315. The summed E-state index contributed by atoms with van der Waals surface area (Å²) >= 11 is 0. The number of amides is 1. The van der Waals surface area contributed by atoms with Crippen LogP contribution in [-0.2, 0) is 16.1 Å². The van der Waals surface area contributed by atoms with Gasteiger partial charge in [-0.3, -0.25) is 9.59 Å². The fourth-order valence-electron chi connectivity index (χ4n) is 4.55. The van der Waals surface area contributed by atoms with Gasteiger partial charge in [0, 0.05) is 31.0 Å². The van der Waals surface area contributed by atoms with Gasteiger partial charge in [0.05, 0.1) is 17.9 Å². The first-order valence-electron chi connectivity index (χ1n) is 12.0. The largest absolute Gasteiger partial charge is 0.507 e. The van der Waals surface area contributed by atoms with Crippen LogP contribution < -0.4 is 14.2 Å². The van der Waals surface area contributed by atoms with E-state index in [0.29, 0.717) is 67.7 Å². The van der Waals surface area contributed by atoms with Crippen molar-refractivity contribution in [3.05, 3.63) is 90.5 Å². The Morgan fingerprint density at radius 1 is 1.11 bits per heavy atom. The Bertz CT molecular complexity index is 1330. The van der Waals surface area contributed by atoms with Gasteiger partial charge in [-0.15, -0.1) is 0 Å². The number of hydrogen-bond acceptors (Lipinski definition) is 7. The van der Waals surface area contributed by atoms with Crippen molar-refractivity contribution in [2.75, 3.05) is 26.4 Å². The number of rotatable bonds is 9. The van der Waals surface area contributed by atoms with Crippen molar-refractivity contribution in [1.29, 1.82) is 0 Å². The maximum atomic E-state index is 13.3. The number of imidazole rings is 1. The SMILES string of the molecule is C=CCOc1ccc(C2/C(=C(/O)c3ccc4c(c3)OCCO4)C(=O)C(=O)N2CCCn2ccnc2)cc1. The highest BCUT2D eigenvalue weighted by atomic mass is 16.6. The Kier molecular flexibility index (Phi) is 6.93. The van der Waals surface area contributed by atoms with Gasteiger partial charge in [0.1, 0.15) is 31.3 Å². The molecule has 9 nitrogen and oxygen atoms in total. The number of benzene rings is 2. The van der Waals surface area contributed by atoms with Gasteiger partial charge in [-0.25, -0.2) is 4.98 Å². The highest BCUT2D eigenvalue weighted by Gasteiger charge is 2.45. The number of ketones is 1. The second kappa shape index (κ2) is 10.6. The molecule has 190 valence electrons. The molecular weight excluding hydrogens is 474 g/mol. The maximum absolute atomic E-state index is 13.3. The number of aliphatic hydroxyl groups excluding tert-OH is 1. The maximum Gasteiger partial charge on any atom is 0.295 e. The minimum atomic E-state index is -0.760. The van der Waals surface area contributed by atoms with E-state index in [1.165, 1.54) is 4.90 Å². The highest BCUT2D eigenvalue weighted by molar-refractivity contribution is 6.46. The predicted molar refractivity (Wildman–Crippen MR) is 135 cm³/mol. The number of aryl methyl sites for hydroxylation is 1. The lowest BCUT2D eigenvalue weighted by Crippen LogP contribution is -2.31. The van der Waals surface area contributed by atoms with Crippen LogP contribution in [0.25, 0.3) is 5.76 Å². The lowest BCUT2D eigenvalue weighted by Gasteiger charge is -2.26. The van der Waals surface area contributed by atoms with Crippen molar-refractivity contribution in [3.63, 3.8) is 0 Å². The molecule has 1 atom stereocenters. The predicted octanol–water partition coefficient (Wildman–Crippen LogP) is 3.73. The number of ether oxygens (including phenoxy) is 3. The summed E-state index contributed by atoms with van der Waals surface area (Å²) in [6, 6.07) is 11.3. The van der Waals surface area contributed by atoms with E-state index in [1.807, 2.05) is 10.8 Å². The van der Waals surface area contributed by atoms with Crippen LogP contribution in [0.1, 0.15) is 23.6 Å². The minimum Gasteiger partial charge on any atom is -0.507 e. The zero-order valence-corrected chi connectivity index (χ0v) is 20.2. The first-order chi connectivity index (χ1) is 18.1. The first-order valence-corrected chi connectivity index (χ1v) is 12.0. The van der Waals surface area contributed by atoms with Crippen LogP contribution in [0, 0.1) is 0 Å². The normalized spacial score (nSPS) is 18.2. The summed E-state index contributed by atoms with van der Waals surface area (Å²) in [7, 11) is 0. The van der Waals surface area contributed by atoms with E-state index in [-0.39, 0.29) is 11.3 Å². The zero-order chi connectivity index (χ0) is 25.8. The Morgan fingerprint density at radius 2 is 1.89 bits per heavy atom. The molecule has 0 bridgehead atoms. The Morgan fingerprint density at radius 3 is 2.62 bits per heavy atom. The monoisotopic (exact) mass is 501 g/mol. The van der Waals surface area contributed by atoms with Gasteiger partial charge in [-0.05, 0) is 42.3 Å². The second-order valence-corrected chi connectivity index (χ2v) is 8.67. The number of likely N-dealkylation sites (tertiary alicyclic amines) is 1. The average molecular weight is 502 g/mol. The number of fused-ring (bicyclic) bond motifs is 1. The van der Waals surface area contributed by atoms with Crippen molar-refractivity contribution < 1.29 is 28.9 Å². The van der Waals surface area contributed by atoms with Crippen molar-refractivity contribution in [2.24, 2.45) is 0 Å². The number of aromatic nitrogens is 2. The van der Waals surface area contributed by atoms with Gasteiger partial charge in [0.2, 0.25) is 0 Å². The van der Waals surface area contributed by atoms with Crippen molar-refractivity contribution in [3.8, 4) is 17.2 Å². The Labute approximate surface area is 214 Å². The number of carbonyl (C=O) groups excluding carboxylic acids is 2. The van der Waals surface area contributed by atoms with Crippen LogP contribution in [0.5, 0.6) is 17.2 Å². The molecule has 0 saturated carbocycles. The fraction of sp³-hybridized carbons (Fsp3) is 0.250. The van der Waals surface area contributed by atoms with Crippen molar-refractivity contribution >= 4 is 17.4 Å². The van der Waals surface area contributed by atoms with Gasteiger partial charge in [-0.2, -0.15) is 0 Å². The summed E-state index contributed by atoms with van der Waals surface area (Å²) in [5.74, 6) is 0.0326. The van der Waals surface area contributed by atoms with Crippen LogP contribution >= 0.6 is 0 Å². The third kappa shape index (κ3) is 4.93. The van der Waals surface area contributed by atoms with Crippen LogP contribution in [0.4, 0.5) is 0 Å². The molecule has 2 aliphatic heterocycles. The summed E-state index contributed by atoms with van der Waals surface area (Å²) < 4.78 is 18.7.